The first-order valence-electron chi connectivity index (χ1n) is 12.7. The number of H-pyrrole nitrogens is 2. The number of hydrogen-bond acceptors (Lipinski definition) is 4. The summed E-state index contributed by atoms with van der Waals surface area (Å²) >= 11 is 0. The summed E-state index contributed by atoms with van der Waals surface area (Å²) < 4.78 is 5.38. The number of hydrogen-bond donors (Lipinski definition) is 4. The second-order valence-electron chi connectivity index (χ2n) is 9.84. The summed E-state index contributed by atoms with van der Waals surface area (Å²) in [5.41, 5.74) is 11.6. The number of hydroxylamine groups is 1. The second kappa shape index (κ2) is 10.7. The number of nitrogens with zero attached hydrogens (tertiary/aromatic N) is 1. The molecular weight excluding hydrogens is 464 g/mol. The van der Waals surface area contributed by atoms with Gasteiger partial charge in [-0.15, -0.1) is 0 Å². The van der Waals surface area contributed by atoms with E-state index < -0.39 is 5.91 Å². The predicted octanol–water partition coefficient (Wildman–Crippen LogP) is 5.37. The van der Waals surface area contributed by atoms with E-state index in [1.807, 2.05) is 18.2 Å². The van der Waals surface area contributed by atoms with Crippen molar-refractivity contribution in [2.75, 3.05) is 13.7 Å². The highest BCUT2D eigenvalue weighted by molar-refractivity contribution is 5.90. The van der Waals surface area contributed by atoms with E-state index in [1.54, 1.807) is 18.7 Å². The van der Waals surface area contributed by atoms with Crippen LogP contribution in [0.1, 0.15) is 51.5 Å². The lowest BCUT2D eigenvalue weighted by Gasteiger charge is -2.30. The van der Waals surface area contributed by atoms with Gasteiger partial charge >= 0.3 is 0 Å². The van der Waals surface area contributed by atoms with Gasteiger partial charge in [0, 0.05) is 60.3 Å². The Morgan fingerprint density at radius 3 is 2.81 bits per heavy atom. The van der Waals surface area contributed by atoms with Crippen molar-refractivity contribution in [3.05, 3.63) is 93.9 Å². The average molecular weight is 499 g/mol. The van der Waals surface area contributed by atoms with Crippen molar-refractivity contribution < 1.29 is 14.7 Å². The number of aryl methyl sites for hydroxylation is 2. The molecule has 0 saturated carbocycles. The summed E-state index contributed by atoms with van der Waals surface area (Å²) in [6.07, 6.45) is 10.3. The van der Waals surface area contributed by atoms with Crippen LogP contribution >= 0.6 is 0 Å². The van der Waals surface area contributed by atoms with Crippen molar-refractivity contribution in [1.29, 1.82) is 0 Å². The minimum atomic E-state index is -0.531. The molecule has 0 saturated heterocycles. The van der Waals surface area contributed by atoms with Gasteiger partial charge in [0.15, 0.2) is 0 Å². The van der Waals surface area contributed by atoms with Gasteiger partial charge in [-0.1, -0.05) is 18.2 Å². The van der Waals surface area contributed by atoms with E-state index in [0.29, 0.717) is 6.04 Å². The van der Waals surface area contributed by atoms with Crippen molar-refractivity contribution >= 4 is 22.9 Å². The number of methoxy groups -OCH3 is 1. The summed E-state index contributed by atoms with van der Waals surface area (Å²) in [5, 5.41) is 9.98. The molecule has 7 nitrogen and oxygen atoms in total. The molecule has 1 amide bonds. The lowest BCUT2D eigenvalue weighted by Crippen LogP contribution is -2.29. The molecule has 0 radical (unpaired) electrons. The lowest BCUT2D eigenvalue weighted by molar-refractivity contribution is -0.124. The number of fused-ring (bicyclic) bond motifs is 2. The van der Waals surface area contributed by atoms with Crippen LogP contribution in [0.3, 0.4) is 0 Å². The maximum Gasteiger partial charge on any atom is 0.267 e. The van der Waals surface area contributed by atoms with E-state index in [9.17, 15) is 4.79 Å². The van der Waals surface area contributed by atoms with E-state index >= 15 is 0 Å². The van der Waals surface area contributed by atoms with E-state index in [-0.39, 0.29) is 0 Å². The van der Waals surface area contributed by atoms with Crippen LogP contribution in [0, 0.1) is 13.8 Å². The SMILES string of the molecule is COc1ccc2c(CCN(Cc3[nH]cc(C)c3C)C3CCc4cc(C=CC(=O)NO)ccc43)c[nH]c2c1. The minimum absolute atomic E-state index is 0.321. The van der Waals surface area contributed by atoms with Crippen molar-refractivity contribution in [3.63, 3.8) is 0 Å². The molecule has 0 aliphatic heterocycles. The fourth-order valence-electron chi connectivity index (χ4n) is 5.43. The van der Waals surface area contributed by atoms with Gasteiger partial charge in [-0.2, -0.15) is 0 Å². The fraction of sp³-hybridized carbons (Fsp3) is 0.300. The van der Waals surface area contributed by atoms with Crippen LogP contribution in [-0.2, 0) is 24.2 Å². The molecule has 1 atom stereocenters. The number of aromatic amines is 2. The molecule has 1 unspecified atom stereocenters. The number of aromatic nitrogens is 2. The highest BCUT2D eigenvalue weighted by atomic mass is 16.5. The van der Waals surface area contributed by atoms with Gasteiger partial charge in [-0.25, -0.2) is 5.48 Å². The van der Waals surface area contributed by atoms with Crippen LogP contribution in [0.15, 0.2) is 54.9 Å². The number of rotatable bonds is 9. The third kappa shape index (κ3) is 5.19. The summed E-state index contributed by atoms with van der Waals surface area (Å²) in [7, 11) is 1.69. The number of carbonyl (C=O) groups excluding carboxylic acids is 1. The summed E-state index contributed by atoms with van der Waals surface area (Å²) in [4.78, 5) is 20.9. The van der Waals surface area contributed by atoms with E-state index in [0.717, 1.165) is 49.2 Å². The molecule has 0 fully saturated rings. The molecule has 0 bridgehead atoms. The van der Waals surface area contributed by atoms with Crippen LogP contribution < -0.4 is 10.2 Å². The van der Waals surface area contributed by atoms with Crippen molar-refractivity contribution in [1.82, 2.24) is 20.3 Å². The normalized spacial score (nSPS) is 15.1. The molecule has 1 aliphatic rings. The Balaban J connectivity index is 1.40. The first-order chi connectivity index (χ1) is 18.0. The Bertz CT molecular complexity index is 1450. The Morgan fingerprint density at radius 1 is 1.19 bits per heavy atom. The van der Waals surface area contributed by atoms with Crippen LogP contribution in [0.2, 0.25) is 0 Å². The molecule has 7 heteroatoms. The molecule has 2 heterocycles. The minimum Gasteiger partial charge on any atom is -0.497 e. The zero-order valence-corrected chi connectivity index (χ0v) is 21.6. The number of ether oxygens (including phenoxy) is 1. The quantitative estimate of drug-likeness (QED) is 0.142. The summed E-state index contributed by atoms with van der Waals surface area (Å²) in [6, 6.07) is 12.9. The van der Waals surface area contributed by atoms with E-state index in [2.05, 4.69) is 59.3 Å². The Hall–Kier alpha value is -3.81. The van der Waals surface area contributed by atoms with Gasteiger partial charge in [0.25, 0.3) is 5.91 Å². The standard InChI is InChI=1S/C30H34N4O3/c1-19-16-31-28(20(19)2)18-34(13-12-23-17-32-27-15-24(37-3)7-9-25(23)27)29-10-6-22-14-21(4-8-26(22)29)5-11-30(35)33-36/h4-5,7-9,11,14-17,29,31-32,36H,6,10,12-13,18H2,1-3H3,(H,33,35). The van der Waals surface area contributed by atoms with Crippen LogP contribution in [-0.4, -0.2) is 39.6 Å². The number of amides is 1. The van der Waals surface area contributed by atoms with Crippen LogP contribution in [0.25, 0.3) is 17.0 Å². The monoisotopic (exact) mass is 498 g/mol. The molecule has 0 spiro atoms. The van der Waals surface area contributed by atoms with Crippen molar-refractivity contribution in [2.45, 2.75) is 45.7 Å². The van der Waals surface area contributed by atoms with Gasteiger partial charge in [0.2, 0.25) is 0 Å². The molecule has 37 heavy (non-hydrogen) atoms. The maximum absolute atomic E-state index is 11.4. The average Bonchev–Trinajstić information content (AvgIpc) is 3.62. The predicted molar refractivity (Wildman–Crippen MR) is 146 cm³/mol. The van der Waals surface area contributed by atoms with Gasteiger partial charge in [-0.3, -0.25) is 14.9 Å². The lowest BCUT2D eigenvalue weighted by atomic mass is 10.0. The van der Waals surface area contributed by atoms with Crippen molar-refractivity contribution in [2.24, 2.45) is 0 Å². The summed E-state index contributed by atoms with van der Waals surface area (Å²) in [6.45, 7) is 6.13. The zero-order valence-electron chi connectivity index (χ0n) is 21.6. The topological polar surface area (TPSA) is 93.4 Å². The molecular formula is C30H34N4O3. The third-order valence-corrected chi connectivity index (χ3v) is 7.70. The van der Waals surface area contributed by atoms with Gasteiger partial charge < -0.3 is 14.7 Å². The highest BCUT2D eigenvalue weighted by Gasteiger charge is 2.29. The largest absolute Gasteiger partial charge is 0.497 e. The van der Waals surface area contributed by atoms with Gasteiger partial charge in [0.1, 0.15) is 5.75 Å². The Kier molecular flexibility index (Phi) is 7.17. The zero-order chi connectivity index (χ0) is 25.9. The van der Waals surface area contributed by atoms with Crippen molar-refractivity contribution in [3.8, 4) is 5.75 Å². The molecule has 2 aromatic carbocycles. The number of benzene rings is 2. The first-order valence-corrected chi connectivity index (χ1v) is 12.7. The Labute approximate surface area is 217 Å². The fourth-order valence-corrected chi connectivity index (χ4v) is 5.43. The highest BCUT2D eigenvalue weighted by Crippen LogP contribution is 2.38. The smallest absolute Gasteiger partial charge is 0.267 e. The molecule has 4 aromatic rings. The first kappa shape index (κ1) is 24.9. The second-order valence-corrected chi connectivity index (χ2v) is 9.84. The van der Waals surface area contributed by atoms with Crippen LogP contribution in [0.5, 0.6) is 5.75 Å². The van der Waals surface area contributed by atoms with Gasteiger partial charge in [0.05, 0.1) is 7.11 Å². The number of carbonyl (C=O) groups is 1. The van der Waals surface area contributed by atoms with Crippen LogP contribution in [0.4, 0.5) is 0 Å². The number of nitrogens with one attached hydrogen (secondary N) is 3. The molecule has 1 aliphatic carbocycles. The summed E-state index contributed by atoms with van der Waals surface area (Å²) in [5.74, 6) is 0.325. The molecule has 2 aromatic heterocycles. The van der Waals surface area contributed by atoms with Gasteiger partial charge in [-0.05, 0) is 84.7 Å². The van der Waals surface area contributed by atoms with E-state index in [1.165, 1.54) is 45.0 Å². The third-order valence-electron chi connectivity index (χ3n) is 7.70. The molecule has 5 rings (SSSR count). The maximum atomic E-state index is 11.4. The molecule has 4 N–H and O–H groups in total. The molecule has 192 valence electrons. The van der Waals surface area contributed by atoms with E-state index in [4.69, 9.17) is 9.94 Å². The Morgan fingerprint density at radius 2 is 2.05 bits per heavy atom.